The van der Waals surface area contributed by atoms with Gasteiger partial charge in [0.1, 0.15) is 11.6 Å². The number of nitrogens with zero attached hydrogens (tertiary/aromatic N) is 1. The lowest BCUT2D eigenvalue weighted by atomic mass is 9.88. The van der Waals surface area contributed by atoms with Gasteiger partial charge in [-0.25, -0.2) is 14.4 Å². The van der Waals surface area contributed by atoms with E-state index >= 15 is 4.79 Å². The molecule has 7 N–H and O–H groups in total. The maximum Gasteiger partial charge on any atom is 0.407 e. The van der Waals surface area contributed by atoms with Crippen molar-refractivity contribution in [3.05, 3.63) is 143 Å². The number of rotatable bonds is 29. The van der Waals surface area contributed by atoms with Gasteiger partial charge in [-0.05, 0) is 101 Å². The first-order valence-corrected chi connectivity index (χ1v) is 28.8. The largest absolute Gasteiger partial charge is 0.444 e. The highest BCUT2D eigenvalue weighted by Crippen LogP contribution is 2.33. The van der Waals surface area contributed by atoms with Gasteiger partial charge in [0.25, 0.3) is 0 Å². The number of aliphatic hydroxyl groups is 1. The van der Waals surface area contributed by atoms with Crippen LogP contribution in [-0.2, 0) is 38.4 Å². The van der Waals surface area contributed by atoms with Gasteiger partial charge in [-0.2, -0.15) is 11.8 Å². The minimum atomic E-state index is -1.25. The molecule has 2 heterocycles. The Kier molecular flexibility index (Phi) is 23.6. The Morgan fingerprint density at radius 2 is 1.32 bits per heavy atom. The second-order valence-electron chi connectivity index (χ2n) is 22.0. The van der Waals surface area contributed by atoms with E-state index in [0.29, 0.717) is 60.7 Å². The van der Waals surface area contributed by atoms with Crippen LogP contribution < -0.4 is 31.9 Å². The summed E-state index contributed by atoms with van der Waals surface area (Å²) in [5.74, 6) is -1.08. The number of imide groups is 1. The molecule has 16 nitrogen and oxygen atoms in total. The van der Waals surface area contributed by atoms with Gasteiger partial charge in [0.05, 0.1) is 24.2 Å². The van der Waals surface area contributed by atoms with E-state index < -0.39 is 53.6 Å². The average molecular weight is 1090 g/mol. The Morgan fingerprint density at radius 3 is 1.96 bits per heavy atom. The molecule has 0 saturated carbocycles. The van der Waals surface area contributed by atoms with Gasteiger partial charge in [-0.15, -0.1) is 0 Å². The molecule has 0 spiro atoms. The van der Waals surface area contributed by atoms with Crippen molar-refractivity contribution in [2.45, 2.75) is 153 Å². The number of fused-ring (bicyclic) bond motifs is 1. The maximum absolute atomic E-state index is 15.1. The van der Waals surface area contributed by atoms with Crippen LogP contribution in [0.25, 0.3) is 0 Å². The first-order valence-electron chi connectivity index (χ1n) is 27.7. The Morgan fingerprint density at radius 1 is 0.718 bits per heavy atom. The van der Waals surface area contributed by atoms with E-state index in [-0.39, 0.29) is 68.0 Å². The van der Waals surface area contributed by atoms with E-state index in [0.717, 1.165) is 47.5 Å². The molecule has 4 aromatic rings. The molecule has 8 amide bonds. The number of hydrogen-bond donors (Lipinski definition) is 7. The average Bonchev–Trinajstić information content (AvgIpc) is 4.03. The monoisotopic (exact) mass is 1090 g/mol. The molecular weight excluding hydrogens is 1010 g/mol. The van der Waals surface area contributed by atoms with Gasteiger partial charge in [0, 0.05) is 60.5 Å². The number of aliphatic hydroxyl groups excluding tert-OH is 1. The smallest absolute Gasteiger partial charge is 0.407 e. The lowest BCUT2D eigenvalue weighted by Gasteiger charge is -2.32. The predicted molar refractivity (Wildman–Crippen MR) is 305 cm³/mol. The zero-order chi connectivity index (χ0) is 56.0. The van der Waals surface area contributed by atoms with Crippen LogP contribution in [-0.4, -0.2) is 118 Å². The molecule has 0 radical (unpaired) electrons. The maximum atomic E-state index is 15.1. The summed E-state index contributed by atoms with van der Waals surface area (Å²) in [7, 11) is 0. The lowest BCUT2D eigenvalue weighted by Crippen LogP contribution is -2.55. The molecule has 420 valence electrons. The molecule has 0 aromatic heterocycles. The standard InChI is InChI=1S/C61H81N7O9S/c1-41(2)32-35-68(57(73)47(36-42-20-10-6-11-21-42)39-51(69)48(37-43-22-12-7-13-23-43)66-60(76)77-61(3,4)5)59(75)65-49(38-44-28-30-46(31-29-44)55(71)45-24-14-8-15-25-45)56(72)63-34-19-9-18-33-62-53(70)27-17-16-26-52-54-50(40-78-52)64-58(74)67-54/h6-8,10-15,20-25,28-31,41,47-52,54,69H,9,16-19,26-27,32-40H2,1-5H3,(H,62,70)(H,63,72)(H,65,75)(H,66,76)(H2,64,67,74)/t47-,48+,49+,50+,51-,52+,54+/m1/s1. The molecule has 4 aromatic carbocycles. The van der Waals surface area contributed by atoms with Crippen molar-refractivity contribution in [1.82, 2.24) is 36.8 Å². The number of ketones is 1. The molecule has 2 saturated heterocycles. The number of thioether (sulfide) groups is 1. The Labute approximate surface area is 464 Å². The summed E-state index contributed by atoms with van der Waals surface area (Å²) in [5.41, 5.74) is 2.53. The van der Waals surface area contributed by atoms with Crippen molar-refractivity contribution in [1.29, 1.82) is 0 Å². The van der Waals surface area contributed by atoms with Crippen LogP contribution in [0.15, 0.2) is 115 Å². The summed E-state index contributed by atoms with van der Waals surface area (Å²) in [5, 5.41) is 30.2. The van der Waals surface area contributed by atoms with Crippen LogP contribution >= 0.6 is 11.8 Å². The molecule has 0 bridgehead atoms. The summed E-state index contributed by atoms with van der Waals surface area (Å²) >= 11 is 1.87. The van der Waals surface area contributed by atoms with E-state index in [1.807, 2.05) is 92.3 Å². The molecule has 6 rings (SSSR count). The molecule has 2 aliphatic heterocycles. The summed E-state index contributed by atoms with van der Waals surface area (Å²) in [6.45, 7) is 10.1. The van der Waals surface area contributed by atoms with E-state index in [1.165, 1.54) is 0 Å². The first kappa shape index (κ1) is 60.5. The van der Waals surface area contributed by atoms with Gasteiger partial charge in [0.2, 0.25) is 17.7 Å². The topological polar surface area (TPSA) is 224 Å². The molecule has 78 heavy (non-hydrogen) atoms. The van der Waals surface area contributed by atoms with Crippen LogP contribution in [0.5, 0.6) is 0 Å². The number of nitrogens with one attached hydrogen (secondary N) is 6. The van der Waals surface area contributed by atoms with Gasteiger partial charge in [-0.3, -0.25) is 24.1 Å². The second kappa shape index (κ2) is 30.4. The van der Waals surface area contributed by atoms with Gasteiger partial charge >= 0.3 is 18.2 Å². The van der Waals surface area contributed by atoms with Crippen molar-refractivity contribution in [2.75, 3.05) is 25.4 Å². The molecule has 2 fully saturated rings. The van der Waals surface area contributed by atoms with E-state index in [2.05, 4.69) is 31.9 Å². The first-order chi connectivity index (χ1) is 37.4. The number of hydrogen-bond acceptors (Lipinski definition) is 10. The van der Waals surface area contributed by atoms with Crippen molar-refractivity contribution in [3.63, 3.8) is 0 Å². The minimum Gasteiger partial charge on any atom is -0.444 e. The molecule has 0 unspecified atom stereocenters. The number of alkyl carbamates (subject to hydrolysis) is 1. The van der Waals surface area contributed by atoms with Crippen molar-refractivity contribution in [3.8, 4) is 0 Å². The van der Waals surface area contributed by atoms with Crippen LogP contribution in [0.1, 0.15) is 125 Å². The predicted octanol–water partition coefficient (Wildman–Crippen LogP) is 8.29. The van der Waals surface area contributed by atoms with Crippen LogP contribution in [0, 0.1) is 11.8 Å². The van der Waals surface area contributed by atoms with Crippen molar-refractivity contribution >= 4 is 53.4 Å². The quantitative estimate of drug-likeness (QED) is 0.0157. The normalized spacial score (nSPS) is 17.3. The molecular formula is C61H81N7O9S. The third kappa shape index (κ3) is 19.9. The summed E-state index contributed by atoms with van der Waals surface area (Å²) < 4.78 is 5.59. The Bertz CT molecular complexity index is 2570. The Balaban J connectivity index is 1.12. The number of unbranched alkanes of at least 4 members (excludes halogenated alkanes) is 3. The summed E-state index contributed by atoms with van der Waals surface area (Å²) in [4.78, 5) is 96.1. The van der Waals surface area contributed by atoms with E-state index in [4.69, 9.17) is 4.74 Å². The number of carbonyl (C=O) groups excluding carboxylic acids is 7. The Hall–Kier alpha value is -6.72. The van der Waals surface area contributed by atoms with Crippen LogP contribution in [0.3, 0.4) is 0 Å². The highest BCUT2D eigenvalue weighted by Gasteiger charge is 2.42. The number of carbonyl (C=O) groups is 7. The number of ether oxygens (including phenoxy) is 1. The SMILES string of the molecule is CC(C)CCN(C(=O)N[C@@H](Cc1ccc(C(=O)c2ccccc2)cc1)C(=O)NCCCCCNC(=O)CCCC[C@@H]1SC[C@@H]2NC(=O)N[C@@H]21)C(=O)[C@H](Cc1ccccc1)C[C@@H](O)[C@H](Cc1ccccc1)NC(=O)OC(C)(C)C. The fraction of sp³-hybridized carbons (Fsp3) is 0.492. The van der Waals surface area contributed by atoms with E-state index in [1.54, 1.807) is 69.3 Å². The fourth-order valence-corrected chi connectivity index (χ4v) is 11.3. The minimum absolute atomic E-state index is 0.00178. The lowest BCUT2D eigenvalue weighted by molar-refractivity contribution is -0.134. The third-order valence-corrected chi connectivity index (χ3v) is 15.5. The highest BCUT2D eigenvalue weighted by molar-refractivity contribution is 8.00. The van der Waals surface area contributed by atoms with Crippen molar-refractivity contribution < 1.29 is 43.4 Å². The number of benzene rings is 4. The zero-order valence-electron chi connectivity index (χ0n) is 46.0. The van der Waals surface area contributed by atoms with Gasteiger partial charge < -0.3 is 41.7 Å². The third-order valence-electron chi connectivity index (χ3n) is 14.0. The summed E-state index contributed by atoms with van der Waals surface area (Å²) in [6, 6.07) is 32.0. The zero-order valence-corrected chi connectivity index (χ0v) is 46.8. The number of urea groups is 2. The van der Waals surface area contributed by atoms with Crippen molar-refractivity contribution in [2.24, 2.45) is 11.8 Å². The fourth-order valence-electron chi connectivity index (χ4n) is 9.73. The number of amides is 8. The second-order valence-corrected chi connectivity index (χ2v) is 23.2. The van der Waals surface area contributed by atoms with E-state index in [9.17, 15) is 33.9 Å². The molecule has 7 atom stereocenters. The molecule has 2 aliphatic rings. The molecule has 0 aliphatic carbocycles. The summed E-state index contributed by atoms with van der Waals surface area (Å²) in [6.07, 6.45) is 3.95. The van der Waals surface area contributed by atoms with Gasteiger partial charge in [0.15, 0.2) is 5.78 Å². The van der Waals surface area contributed by atoms with Gasteiger partial charge in [-0.1, -0.05) is 136 Å². The molecule has 17 heteroatoms. The highest BCUT2D eigenvalue weighted by atomic mass is 32.2. The van der Waals surface area contributed by atoms with Crippen LogP contribution in [0.2, 0.25) is 0 Å². The van der Waals surface area contributed by atoms with Crippen LogP contribution in [0.4, 0.5) is 14.4 Å².